The van der Waals surface area contributed by atoms with Crippen molar-refractivity contribution in [1.82, 2.24) is 5.32 Å². The quantitative estimate of drug-likeness (QED) is 0.773. The Hall–Kier alpha value is -0.280. The van der Waals surface area contributed by atoms with Crippen molar-refractivity contribution in [3.05, 3.63) is 0 Å². The molecule has 1 atom stereocenters. The van der Waals surface area contributed by atoms with Crippen molar-refractivity contribution in [3.8, 4) is 0 Å². The van der Waals surface area contributed by atoms with Crippen LogP contribution in [-0.2, 0) is 4.79 Å². The molecule has 1 unspecified atom stereocenters. The van der Waals surface area contributed by atoms with E-state index in [1.807, 2.05) is 0 Å². The van der Waals surface area contributed by atoms with Crippen LogP contribution in [0.4, 0.5) is 0 Å². The molecular formula is C13H27ClN2O. The molecule has 4 heteroatoms. The number of carbonyl (C=O) groups is 1. The Labute approximate surface area is 111 Å². The number of hydrogen-bond acceptors (Lipinski definition) is 2. The summed E-state index contributed by atoms with van der Waals surface area (Å²) in [4.78, 5) is 12.1. The number of hydrogen-bond donors (Lipinski definition) is 2. The predicted molar refractivity (Wildman–Crippen MR) is 74.3 cm³/mol. The van der Waals surface area contributed by atoms with Crippen LogP contribution in [0.2, 0.25) is 0 Å². The van der Waals surface area contributed by atoms with E-state index in [1.54, 1.807) is 0 Å². The zero-order valence-corrected chi connectivity index (χ0v) is 11.9. The van der Waals surface area contributed by atoms with Gasteiger partial charge in [-0.05, 0) is 19.3 Å². The Kier molecular flexibility index (Phi) is 7.80. The van der Waals surface area contributed by atoms with E-state index >= 15 is 0 Å². The minimum atomic E-state index is -0.125. The van der Waals surface area contributed by atoms with Crippen LogP contribution < -0.4 is 11.1 Å². The van der Waals surface area contributed by atoms with Gasteiger partial charge >= 0.3 is 0 Å². The van der Waals surface area contributed by atoms with E-state index in [2.05, 4.69) is 19.2 Å². The lowest BCUT2D eigenvalue weighted by atomic mass is 9.87. The molecule has 0 aliphatic heterocycles. The lowest BCUT2D eigenvalue weighted by molar-refractivity contribution is -0.130. The molecule has 1 rings (SSSR count). The first-order valence-electron chi connectivity index (χ1n) is 6.63. The fourth-order valence-electron chi connectivity index (χ4n) is 2.44. The van der Waals surface area contributed by atoms with Gasteiger partial charge in [-0.2, -0.15) is 0 Å². The smallest absolute Gasteiger partial charge is 0.226 e. The summed E-state index contributed by atoms with van der Waals surface area (Å²) in [6, 6.07) is 0.171. The minimum absolute atomic E-state index is 0. The van der Waals surface area contributed by atoms with Gasteiger partial charge in [-0.1, -0.05) is 39.5 Å². The third-order valence-electron chi connectivity index (χ3n) is 3.78. The topological polar surface area (TPSA) is 55.1 Å². The number of halogens is 1. The van der Waals surface area contributed by atoms with Crippen molar-refractivity contribution in [3.63, 3.8) is 0 Å². The number of unbranched alkanes of at least 4 members (excludes halogenated alkanes) is 1. The van der Waals surface area contributed by atoms with Gasteiger partial charge in [-0.15, -0.1) is 12.4 Å². The number of nitrogens with one attached hydrogen (secondary N) is 1. The summed E-state index contributed by atoms with van der Waals surface area (Å²) in [6.07, 6.45) is 7.74. The van der Waals surface area contributed by atoms with Gasteiger partial charge in [0.15, 0.2) is 0 Å². The molecule has 3 N–H and O–H groups in total. The molecule has 0 bridgehead atoms. The summed E-state index contributed by atoms with van der Waals surface area (Å²) in [5.74, 6) is 0.219. The predicted octanol–water partition coefficient (Wildman–Crippen LogP) is 2.62. The lowest BCUT2D eigenvalue weighted by Crippen LogP contribution is -2.46. The van der Waals surface area contributed by atoms with E-state index in [9.17, 15) is 4.79 Å². The summed E-state index contributed by atoms with van der Waals surface area (Å²) in [7, 11) is 0. The summed E-state index contributed by atoms with van der Waals surface area (Å²) >= 11 is 0. The van der Waals surface area contributed by atoms with Gasteiger partial charge < -0.3 is 11.1 Å². The van der Waals surface area contributed by atoms with E-state index < -0.39 is 0 Å². The fraction of sp³-hybridized carbons (Fsp3) is 0.923. The second-order valence-corrected chi connectivity index (χ2v) is 5.32. The maximum absolute atomic E-state index is 12.1. The van der Waals surface area contributed by atoms with Crippen LogP contribution in [0.5, 0.6) is 0 Å². The average Bonchev–Trinajstić information content (AvgIpc) is 2.72. The molecule has 0 heterocycles. The minimum Gasteiger partial charge on any atom is -0.352 e. The molecule has 0 saturated heterocycles. The molecule has 0 spiro atoms. The van der Waals surface area contributed by atoms with E-state index in [0.717, 1.165) is 32.1 Å². The van der Waals surface area contributed by atoms with Crippen molar-refractivity contribution in [2.75, 3.05) is 6.54 Å². The van der Waals surface area contributed by atoms with Crippen molar-refractivity contribution in [2.24, 2.45) is 11.1 Å². The highest BCUT2D eigenvalue weighted by atomic mass is 35.5. The maximum atomic E-state index is 12.1. The number of nitrogens with two attached hydrogens (primary N) is 1. The SMILES string of the molecule is CCCCC(CN)NC(=O)C1(C)CCCC1.Cl. The Morgan fingerprint density at radius 3 is 2.47 bits per heavy atom. The van der Waals surface area contributed by atoms with Gasteiger partial charge in [0.05, 0.1) is 0 Å². The Bertz CT molecular complexity index is 227. The van der Waals surface area contributed by atoms with E-state index in [1.165, 1.54) is 12.8 Å². The fourth-order valence-corrected chi connectivity index (χ4v) is 2.44. The summed E-state index contributed by atoms with van der Waals surface area (Å²) in [5, 5.41) is 3.12. The summed E-state index contributed by atoms with van der Waals surface area (Å²) in [6.45, 7) is 4.80. The molecule has 0 radical (unpaired) electrons. The van der Waals surface area contributed by atoms with Gasteiger partial charge in [-0.3, -0.25) is 4.79 Å². The first-order chi connectivity index (χ1) is 7.62. The first-order valence-corrected chi connectivity index (χ1v) is 6.63. The number of amides is 1. The number of rotatable bonds is 6. The molecule has 0 aromatic heterocycles. The molecule has 1 aliphatic carbocycles. The van der Waals surface area contributed by atoms with E-state index in [-0.39, 0.29) is 29.8 Å². The van der Waals surface area contributed by atoms with E-state index in [0.29, 0.717) is 6.54 Å². The highest BCUT2D eigenvalue weighted by Crippen LogP contribution is 2.37. The van der Waals surface area contributed by atoms with Gasteiger partial charge in [0.1, 0.15) is 0 Å². The van der Waals surface area contributed by atoms with Gasteiger partial charge in [0.25, 0.3) is 0 Å². The van der Waals surface area contributed by atoms with Crippen molar-refractivity contribution in [2.45, 2.75) is 64.8 Å². The molecule has 1 saturated carbocycles. The van der Waals surface area contributed by atoms with Crippen LogP contribution >= 0.6 is 12.4 Å². The molecule has 17 heavy (non-hydrogen) atoms. The van der Waals surface area contributed by atoms with Crippen LogP contribution in [0.15, 0.2) is 0 Å². The lowest BCUT2D eigenvalue weighted by Gasteiger charge is -2.26. The van der Waals surface area contributed by atoms with E-state index in [4.69, 9.17) is 5.73 Å². The molecule has 1 fully saturated rings. The number of carbonyl (C=O) groups excluding carboxylic acids is 1. The second-order valence-electron chi connectivity index (χ2n) is 5.32. The van der Waals surface area contributed by atoms with Crippen molar-refractivity contribution >= 4 is 18.3 Å². The standard InChI is InChI=1S/C13H26N2O.ClH/c1-3-4-7-11(10-14)15-12(16)13(2)8-5-6-9-13;/h11H,3-10,14H2,1-2H3,(H,15,16);1H. The third-order valence-corrected chi connectivity index (χ3v) is 3.78. The Balaban J connectivity index is 0.00000256. The van der Waals surface area contributed by atoms with Crippen LogP contribution in [0.25, 0.3) is 0 Å². The average molecular weight is 263 g/mol. The molecular weight excluding hydrogens is 236 g/mol. The highest BCUT2D eigenvalue weighted by molar-refractivity contribution is 5.85. The Morgan fingerprint density at radius 1 is 1.41 bits per heavy atom. The summed E-state index contributed by atoms with van der Waals surface area (Å²) in [5.41, 5.74) is 5.56. The molecule has 102 valence electrons. The second kappa shape index (κ2) is 7.93. The van der Waals surface area contributed by atoms with Crippen LogP contribution in [0.1, 0.15) is 58.8 Å². The molecule has 1 amide bonds. The highest BCUT2D eigenvalue weighted by Gasteiger charge is 2.36. The normalized spacial score (nSPS) is 19.5. The van der Waals surface area contributed by atoms with Gasteiger partial charge in [0, 0.05) is 18.0 Å². The zero-order chi connectivity index (χ0) is 12.0. The molecule has 3 nitrogen and oxygen atoms in total. The van der Waals surface area contributed by atoms with Gasteiger partial charge in [-0.25, -0.2) is 0 Å². The largest absolute Gasteiger partial charge is 0.352 e. The van der Waals surface area contributed by atoms with Crippen LogP contribution in [-0.4, -0.2) is 18.5 Å². The molecule has 0 aromatic rings. The third kappa shape index (κ3) is 4.84. The van der Waals surface area contributed by atoms with Crippen molar-refractivity contribution in [1.29, 1.82) is 0 Å². The first kappa shape index (κ1) is 16.7. The summed E-state index contributed by atoms with van der Waals surface area (Å²) < 4.78 is 0. The molecule has 1 aliphatic rings. The van der Waals surface area contributed by atoms with Crippen molar-refractivity contribution < 1.29 is 4.79 Å². The van der Waals surface area contributed by atoms with Gasteiger partial charge in [0.2, 0.25) is 5.91 Å². The Morgan fingerprint density at radius 2 is 2.00 bits per heavy atom. The monoisotopic (exact) mass is 262 g/mol. The zero-order valence-electron chi connectivity index (χ0n) is 11.1. The molecule has 0 aromatic carbocycles. The maximum Gasteiger partial charge on any atom is 0.226 e. The van der Waals surface area contributed by atoms with Crippen LogP contribution in [0, 0.1) is 5.41 Å². The van der Waals surface area contributed by atoms with Crippen LogP contribution in [0.3, 0.4) is 0 Å².